The van der Waals surface area contributed by atoms with Crippen molar-refractivity contribution in [2.75, 3.05) is 7.11 Å². The number of carbonyl (C=O) groups excluding carboxylic acids is 1. The smallest absolute Gasteiger partial charge is 0.314 e. The standard InChI is InChI=1S/C33H24BrCl2N3O4S/c1-41-30-13-19(7-11-29(30)42-18-21-8-10-23(35)16-25(21)36)14-31-33(37-32(40)44-31)39-27(24-15-22(34)9-12-28(24)43-33)17-26(38-39)20-5-3-2-4-6-20/h2-16,27H,17-18H2,1H3,(H,37,40)/b31-14-. The average molecular weight is 709 g/mol. The van der Waals surface area contributed by atoms with Crippen molar-refractivity contribution in [3.05, 3.63) is 127 Å². The van der Waals surface area contributed by atoms with Crippen LogP contribution in [0.15, 0.2) is 99.4 Å². The molecule has 1 amide bonds. The van der Waals surface area contributed by atoms with Crippen molar-refractivity contribution in [3.63, 3.8) is 0 Å². The predicted octanol–water partition coefficient (Wildman–Crippen LogP) is 9.04. The molecular formula is C33H24BrCl2N3O4S. The van der Waals surface area contributed by atoms with Gasteiger partial charge in [0.2, 0.25) is 0 Å². The first-order valence-electron chi connectivity index (χ1n) is 13.7. The Labute approximate surface area is 276 Å². The van der Waals surface area contributed by atoms with E-state index in [1.54, 1.807) is 19.2 Å². The SMILES string of the molecule is COc1cc(/C=C2\SC(=O)NC23Oc2ccc(Br)cc2C2CC(c4ccccc4)=NN23)ccc1OCc1ccc(Cl)cc1Cl. The molecule has 2 atom stereocenters. The highest BCUT2D eigenvalue weighted by atomic mass is 79.9. The van der Waals surface area contributed by atoms with E-state index in [2.05, 4.69) is 27.3 Å². The van der Waals surface area contributed by atoms with Crippen LogP contribution < -0.4 is 19.5 Å². The molecule has 44 heavy (non-hydrogen) atoms. The van der Waals surface area contributed by atoms with Crippen LogP contribution in [0.1, 0.15) is 34.7 Å². The molecule has 11 heteroatoms. The number of carbonyl (C=O) groups is 1. The number of nitrogens with zero attached hydrogens (tertiary/aromatic N) is 2. The van der Waals surface area contributed by atoms with Crippen LogP contribution >= 0.6 is 50.9 Å². The summed E-state index contributed by atoms with van der Waals surface area (Å²) in [7, 11) is 1.58. The van der Waals surface area contributed by atoms with Crippen molar-refractivity contribution in [2.24, 2.45) is 5.10 Å². The first-order chi connectivity index (χ1) is 21.3. The van der Waals surface area contributed by atoms with Crippen LogP contribution in [-0.2, 0) is 6.61 Å². The zero-order chi connectivity index (χ0) is 30.4. The summed E-state index contributed by atoms with van der Waals surface area (Å²) in [5.41, 5.74) is 4.53. The largest absolute Gasteiger partial charge is 0.493 e. The number of ether oxygens (including phenoxy) is 3. The average Bonchev–Trinajstić information content (AvgIpc) is 3.60. The molecule has 0 radical (unpaired) electrons. The summed E-state index contributed by atoms with van der Waals surface area (Å²) < 4.78 is 19.3. The molecule has 0 aliphatic carbocycles. The van der Waals surface area contributed by atoms with Crippen LogP contribution in [0.3, 0.4) is 0 Å². The molecule has 2 unspecified atom stereocenters. The van der Waals surface area contributed by atoms with Gasteiger partial charge in [-0.15, -0.1) is 0 Å². The van der Waals surface area contributed by atoms with Gasteiger partial charge >= 0.3 is 5.85 Å². The number of nitrogens with one attached hydrogen (secondary N) is 1. The number of thioether (sulfide) groups is 1. The third kappa shape index (κ3) is 5.32. The lowest BCUT2D eigenvalue weighted by molar-refractivity contribution is -0.0949. The first kappa shape index (κ1) is 29.1. The molecule has 7 rings (SSSR count). The molecule has 4 aromatic rings. The van der Waals surface area contributed by atoms with Gasteiger partial charge in [-0.25, -0.2) is 5.01 Å². The van der Waals surface area contributed by atoms with Crippen LogP contribution in [0.4, 0.5) is 4.79 Å². The van der Waals surface area contributed by atoms with Crippen molar-refractivity contribution in [1.82, 2.24) is 10.3 Å². The third-order valence-electron chi connectivity index (χ3n) is 7.62. The van der Waals surface area contributed by atoms with E-state index in [1.165, 1.54) is 0 Å². The summed E-state index contributed by atoms with van der Waals surface area (Å²) in [6, 6.07) is 26.7. The molecule has 0 aromatic heterocycles. The Balaban J connectivity index is 1.25. The van der Waals surface area contributed by atoms with Gasteiger partial charge in [-0.1, -0.05) is 81.6 Å². The fourth-order valence-corrected chi connectivity index (χ4v) is 7.28. The van der Waals surface area contributed by atoms with Gasteiger partial charge in [0.15, 0.2) is 11.5 Å². The summed E-state index contributed by atoms with van der Waals surface area (Å²) in [5.74, 6) is 0.449. The Kier molecular flexibility index (Phi) is 7.74. The lowest BCUT2D eigenvalue weighted by atomic mass is 9.95. The summed E-state index contributed by atoms with van der Waals surface area (Å²) in [5, 5.41) is 10.9. The monoisotopic (exact) mass is 707 g/mol. The van der Waals surface area contributed by atoms with Crippen LogP contribution in [-0.4, -0.2) is 28.9 Å². The van der Waals surface area contributed by atoms with Gasteiger partial charge in [0.1, 0.15) is 12.4 Å². The molecule has 3 heterocycles. The zero-order valence-electron chi connectivity index (χ0n) is 23.2. The minimum atomic E-state index is -1.32. The summed E-state index contributed by atoms with van der Waals surface area (Å²) in [4.78, 5) is 13.7. The zero-order valence-corrected chi connectivity index (χ0v) is 27.1. The van der Waals surface area contributed by atoms with Gasteiger partial charge in [0.05, 0.1) is 23.8 Å². The Morgan fingerprint density at radius 3 is 2.73 bits per heavy atom. The van der Waals surface area contributed by atoms with Gasteiger partial charge in [-0.3, -0.25) is 10.1 Å². The van der Waals surface area contributed by atoms with Crippen LogP contribution in [0, 0.1) is 0 Å². The Morgan fingerprint density at radius 2 is 1.93 bits per heavy atom. The molecule has 7 nitrogen and oxygen atoms in total. The third-order valence-corrected chi connectivity index (χ3v) is 9.60. The van der Waals surface area contributed by atoms with Crippen molar-refractivity contribution < 1.29 is 19.0 Å². The number of hydrogen-bond donors (Lipinski definition) is 1. The molecular weight excluding hydrogens is 685 g/mol. The van der Waals surface area contributed by atoms with E-state index in [0.717, 1.165) is 44.2 Å². The van der Waals surface area contributed by atoms with Gasteiger partial charge in [-0.2, -0.15) is 5.10 Å². The molecule has 4 aromatic carbocycles. The summed E-state index contributed by atoms with van der Waals surface area (Å²) in [6.07, 6.45) is 2.58. The molecule has 3 aliphatic rings. The number of benzene rings is 4. The van der Waals surface area contributed by atoms with E-state index in [-0.39, 0.29) is 17.9 Å². The second-order valence-corrected chi connectivity index (χ2v) is 13.1. The lowest BCUT2D eigenvalue weighted by Crippen LogP contribution is -2.61. The van der Waals surface area contributed by atoms with E-state index < -0.39 is 5.85 Å². The van der Waals surface area contributed by atoms with Crippen LogP contribution in [0.5, 0.6) is 17.2 Å². The quantitative estimate of drug-likeness (QED) is 0.216. The van der Waals surface area contributed by atoms with E-state index in [0.29, 0.717) is 38.6 Å². The maximum absolute atomic E-state index is 13.1. The maximum atomic E-state index is 13.1. The highest BCUT2D eigenvalue weighted by Crippen LogP contribution is 2.53. The number of amides is 1. The highest BCUT2D eigenvalue weighted by molar-refractivity contribution is 9.10. The number of rotatable bonds is 6. The Morgan fingerprint density at radius 1 is 1.09 bits per heavy atom. The second-order valence-electron chi connectivity index (χ2n) is 10.4. The molecule has 0 saturated carbocycles. The van der Waals surface area contributed by atoms with Crippen molar-refractivity contribution in [3.8, 4) is 17.2 Å². The van der Waals surface area contributed by atoms with E-state index in [1.807, 2.05) is 77.8 Å². The predicted molar refractivity (Wildman–Crippen MR) is 178 cm³/mol. The van der Waals surface area contributed by atoms with Crippen LogP contribution in [0.25, 0.3) is 6.08 Å². The van der Waals surface area contributed by atoms with Crippen LogP contribution in [0.2, 0.25) is 10.0 Å². The molecule has 1 saturated heterocycles. The summed E-state index contributed by atoms with van der Waals surface area (Å²) in [6.45, 7) is 0.242. The molecule has 1 fully saturated rings. The molecule has 1 spiro atoms. The fourth-order valence-electron chi connectivity index (χ4n) is 5.53. The van der Waals surface area contributed by atoms with Gasteiger partial charge in [-0.05, 0) is 71.4 Å². The first-order valence-corrected chi connectivity index (χ1v) is 16.1. The van der Waals surface area contributed by atoms with Gasteiger partial charge in [0, 0.05) is 32.1 Å². The molecule has 3 aliphatic heterocycles. The maximum Gasteiger partial charge on any atom is 0.314 e. The number of hydrogen-bond acceptors (Lipinski definition) is 7. The number of fused-ring (bicyclic) bond motifs is 4. The van der Waals surface area contributed by atoms with E-state index in [9.17, 15) is 4.79 Å². The summed E-state index contributed by atoms with van der Waals surface area (Å²) >= 11 is 17.0. The molecule has 222 valence electrons. The minimum absolute atomic E-state index is 0.154. The fraction of sp³-hybridized carbons (Fsp3) is 0.152. The van der Waals surface area contributed by atoms with Crippen molar-refractivity contribution >= 4 is 67.9 Å². The molecule has 0 bridgehead atoms. The topological polar surface area (TPSA) is 72.4 Å². The Bertz CT molecular complexity index is 1850. The normalized spacial score (nSPS) is 21.0. The lowest BCUT2D eigenvalue weighted by Gasteiger charge is -2.45. The highest BCUT2D eigenvalue weighted by Gasteiger charge is 2.58. The number of hydrazone groups is 1. The van der Waals surface area contributed by atoms with E-state index in [4.69, 9.17) is 42.5 Å². The van der Waals surface area contributed by atoms with Gasteiger partial charge in [0.25, 0.3) is 5.24 Å². The number of halogens is 3. The second kappa shape index (κ2) is 11.7. The van der Waals surface area contributed by atoms with Crippen molar-refractivity contribution in [2.45, 2.75) is 24.9 Å². The van der Waals surface area contributed by atoms with Crippen molar-refractivity contribution in [1.29, 1.82) is 0 Å². The minimum Gasteiger partial charge on any atom is -0.493 e. The Hall–Kier alpha value is -3.63. The van der Waals surface area contributed by atoms with E-state index >= 15 is 0 Å². The number of methoxy groups -OCH3 is 1. The van der Waals surface area contributed by atoms with Gasteiger partial charge < -0.3 is 14.2 Å². The molecule has 1 N–H and O–H groups in total.